The van der Waals surface area contributed by atoms with Crippen LogP contribution in [-0.4, -0.2) is 30.9 Å². The third-order valence-corrected chi connectivity index (χ3v) is 2.11. The van der Waals surface area contributed by atoms with E-state index in [9.17, 15) is 18.4 Å². The Kier molecular flexibility index (Phi) is 4.14. The Morgan fingerprint density at radius 1 is 1.29 bits per heavy atom. The summed E-state index contributed by atoms with van der Waals surface area (Å²) >= 11 is 0. The molecule has 0 aliphatic carbocycles. The molecule has 0 fully saturated rings. The highest BCUT2D eigenvalue weighted by Gasteiger charge is 2.19. The van der Waals surface area contributed by atoms with Crippen molar-refractivity contribution in [3.63, 3.8) is 0 Å². The van der Waals surface area contributed by atoms with Crippen molar-refractivity contribution < 1.29 is 23.1 Å². The highest BCUT2D eigenvalue weighted by atomic mass is 19.2. The third kappa shape index (κ3) is 3.24. The summed E-state index contributed by atoms with van der Waals surface area (Å²) in [6.07, 6.45) is 0. The molecule has 92 valence electrons. The van der Waals surface area contributed by atoms with Gasteiger partial charge < -0.3 is 9.64 Å². The second-order valence-electron chi connectivity index (χ2n) is 3.40. The lowest BCUT2D eigenvalue weighted by molar-refractivity contribution is -0.157. The number of halogens is 2. The Hall–Kier alpha value is -1.98. The number of esters is 1. The molecule has 0 saturated carbocycles. The fourth-order valence-electron chi connectivity index (χ4n) is 1.23. The smallest absolute Gasteiger partial charge is 0.396 e. The second-order valence-corrected chi connectivity index (χ2v) is 3.40. The van der Waals surface area contributed by atoms with Gasteiger partial charge in [-0.2, -0.15) is 0 Å². The first-order valence-corrected chi connectivity index (χ1v) is 4.73. The van der Waals surface area contributed by atoms with E-state index in [1.54, 1.807) is 0 Å². The van der Waals surface area contributed by atoms with Crippen LogP contribution in [0.25, 0.3) is 0 Å². The van der Waals surface area contributed by atoms with Crippen LogP contribution >= 0.6 is 0 Å². The monoisotopic (exact) mass is 243 g/mol. The van der Waals surface area contributed by atoms with E-state index >= 15 is 0 Å². The van der Waals surface area contributed by atoms with Crippen LogP contribution < -0.4 is 0 Å². The van der Waals surface area contributed by atoms with Gasteiger partial charge in [0.25, 0.3) is 0 Å². The topological polar surface area (TPSA) is 46.6 Å². The Balaban J connectivity index is 2.74. The predicted octanol–water partition coefficient (Wildman–Crippen LogP) is 1.10. The largest absolute Gasteiger partial charge is 0.462 e. The lowest BCUT2D eigenvalue weighted by atomic mass is 10.2. The molecule has 1 amide bonds. The van der Waals surface area contributed by atoms with Crippen molar-refractivity contribution in [3.8, 4) is 0 Å². The number of methoxy groups -OCH3 is 1. The van der Waals surface area contributed by atoms with Crippen LogP contribution in [0.5, 0.6) is 0 Å². The van der Waals surface area contributed by atoms with E-state index in [2.05, 4.69) is 4.74 Å². The first-order chi connectivity index (χ1) is 7.95. The summed E-state index contributed by atoms with van der Waals surface area (Å²) in [6, 6.07) is 3.26. The minimum Gasteiger partial charge on any atom is -0.462 e. The molecule has 0 N–H and O–H groups in total. The normalized spacial score (nSPS) is 9.88. The summed E-state index contributed by atoms with van der Waals surface area (Å²) < 4.78 is 29.8. The van der Waals surface area contributed by atoms with Crippen LogP contribution in [0.3, 0.4) is 0 Å². The minimum atomic E-state index is -1.00. The van der Waals surface area contributed by atoms with Gasteiger partial charge in [0.2, 0.25) is 0 Å². The molecular weight excluding hydrogens is 232 g/mol. The average Bonchev–Trinajstić information content (AvgIpc) is 2.31. The number of hydrogen-bond donors (Lipinski definition) is 0. The second kappa shape index (κ2) is 5.38. The van der Waals surface area contributed by atoms with Crippen LogP contribution in [0.1, 0.15) is 5.56 Å². The number of amides is 1. The number of carbonyl (C=O) groups excluding carboxylic acids is 2. The Morgan fingerprint density at radius 3 is 2.47 bits per heavy atom. The maximum absolute atomic E-state index is 12.9. The van der Waals surface area contributed by atoms with Crippen molar-refractivity contribution in [2.45, 2.75) is 6.54 Å². The Labute approximate surface area is 96.8 Å². The number of nitrogens with zero attached hydrogens (tertiary/aromatic N) is 1. The molecule has 0 atom stereocenters. The van der Waals surface area contributed by atoms with Crippen molar-refractivity contribution in [3.05, 3.63) is 35.4 Å². The van der Waals surface area contributed by atoms with Gasteiger partial charge in [-0.3, -0.25) is 4.79 Å². The Morgan fingerprint density at radius 2 is 1.94 bits per heavy atom. The maximum Gasteiger partial charge on any atom is 0.396 e. The summed E-state index contributed by atoms with van der Waals surface area (Å²) in [5.41, 5.74) is 0.378. The lowest BCUT2D eigenvalue weighted by Crippen LogP contribution is -2.33. The van der Waals surface area contributed by atoms with Gasteiger partial charge in [-0.1, -0.05) is 6.07 Å². The Bertz CT molecular complexity index is 448. The van der Waals surface area contributed by atoms with Crippen molar-refractivity contribution in [1.82, 2.24) is 4.90 Å². The minimum absolute atomic E-state index is 0.00880. The number of hydrogen-bond acceptors (Lipinski definition) is 3. The summed E-state index contributed by atoms with van der Waals surface area (Å²) in [5.74, 6) is -3.82. The summed E-state index contributed by atoms with van der Waals surface area (Å²) in [4.78, 5) is 23.3. The van der Waals surface area contributed by atoms with Crippen molar-refractivity contribution in [2.75, 3.05) is 14.2 Å². The predicted molar refractivity (Wildman–Crippen MR) is 54.8 cm³/mol. The molecule has 0 saturated heterocycles. The molecule has 0 aromatic heterocycles. The molecule has 0 unspecified atom stereocenters. The molecule has 0 aliphatic rings. The van der Waals surface area contributed by atoms with Gasteiger partial charge in [-0.15, -0.1) is 0 Å². The highest BCUT2D eigenvalue weighted by Crippen LogP contribution is 2.10. The van der Waals surface area contributed by atoms with Crippen LogP contribution in [0.15, 0.2) is 18.2 Å². The average molecular weight is 243 g/mol. The third-order valence-electron chi connectivity index (χ3n) is 2.11. The lowest BCUT2D eigenvalue weighted by Gasteiger charge is -2.15. The molecular formula is C11H11F2NO3. The molecule has 0 aliphatic heterocycles. The van der Waals surface area contributed by atoms with E-state index in [-0.39, 0.29) is 6.54 Å². The van der Waals surface area contributed by atoms with Crippen molar-refractivity contribution in [1.29, 1.82) is 0 Å². The zero-order valence-corrected chi connectivity index (χ0v) is 9.37. The van der Waals surface area contributed by atoms with E-state index in [0.717, 1.165) is 24.1 Å². The molecule has 6 heteroatoms. The van der Waals surface area contributed by atoms with E-state index in [0.29, 0.717) is 5.56 Å². The van der Waals surface area contributed by atoms with E-state index in [4.69, 9.17) is 0 Å². The van der Waals surface area contributed by atoms with E-state index in [1.165, 1.54) is 13.1 Å². The zero-order chi connectivity index (χ0) is 13.0. The highest BCUT2D eigenvalue weighted by molar-refractivity contribution is 6.32. The summed E-state index contributed by atoms with van der Waals surface area (Å²) in [6.45, 7) is -0.00880. The SMILES string of the molecule is COC(=O)C(=O)N(C)Cc1ccc(F)c(F)c1. The van der Waals surface area contributed by atoms with Crippen LogP contribution in [0, 0.1) is 11.6 Å². The molecule has 17 heavy (non-hydrogen) atoms. The molecule has 0 radical (unpaired) electrons. The first kappa shape index (κ1) is 13.1. The number of rotatable bonds is 2. The molecule has 1 rings (SSSR count). The van der Waals surface area contributed by atoms with Gasteiger partial charge in [0.1, 0.15) is 0 Å². The van der Waals surface area contributed by atoms with Crippen LogP contribution in [-0.2, 0) is 20.9 Å². The number of ether oxygens (including phenoxy) is 1. The first-order valence-electron chi connectivity index (χ1n) is 4.73. The standard InChI is InChI=1S/C11H11F2NO3/c1-14(10(15)11(16)17-2)6-7-3-4-8(12)9(13)5-7/h3-5H,6H2,1-2H3. The molecule has 0 heterocycles. The fraction of sp³-hybridized carbons (Fsp3) is 0.273. The number of benzene rings is 1. The molecule has 1 aromatic carbocycles. The van der Waals surface area contributed by atoms with Gasteiger partial charge in [0, 0.05) is 13.6 Å². The van der Waals surface area contributed by atoms with Gasteiger partial charge in [-0.05, 0) is 17.7 Å². The molecule has 4 nitrogen and oxygen atoms in total. The summed E-state index contributed by atoms with van der Waals surface area (Å²) in [7, 11) is 2.45. The van der Waals surface area contributed by atoms with E-state index < -0.39 is 23.5 Å². The number of carbonyl (C=O) groups is 2. The van der Waals surface area contributed by atoms with Crippen LogP contribution in [0.2, 0.25) is 0 Å². The zero-order valence-electron chi connectivity index (χ0n) is 9.37. The quantitative estimate of drug-likeness (QED) is 0.577. The summed E-state index contributed by atoms with van der Waals surface area (Å²) in [5, 5.41) is 0. The van der Waals surface area contributed by atoms with Crippen molar-refractivity contribution >= 4 is 11.9 Å². The molecule has 0 spiro atoms. The number of likely N-dealkylation sites (N-methyl/N-ethyl adjacent to an activating group) is 1. The molecule has 0 bridgehead atoms. The van der Waals surface area contributed by atoms with Crippen molar-refractivity contribution in [2.24, 2.45) is 0 Å². The van der Waals surface area contributed by atoms with Gasteiger partial charge in [0.15, 0.2) is 11.6 Å². The van der Waals surface area contributed by atoms with Gasteiger partial charge >= 0.3 is 11.9 Å². The van der Waals surface area contributed by atoms with Gasteiger partial charge in [0.05, 0.1) is 7.11 Å². The van der Waals surface area contributed by atoms with Gasteiger partial charge in [-0.25, -0.2) is 13.6 Å². The fourth-order valence-corrected chi connectivity index (χ4v) is 1.23. The van der Waals surface area contributed by atoms with Crippen LogP contribution in [0.4, 0.5) is 8.78 Å². The maximum atomic E-state index is 12.9. The van der Waals surface area contributed by atoms with E-state index in [1.807, 2.05) is 0 Å². The molecule has 1 aromatic rings.